The molecule has 3 nitrogen and oxygen atoms in total. The van der Waals surface area contributed by atoms with Crippen molar-refractivity contribution in [1.82, 2.24) is 14.9 Å². The third-order valence-corrected chi connectivity index (χ3v) is 2.03. The van der Waals surface area contributed by atoms with Crippen LogP contribution < -0.4 is 5.32 Å². The minimum Gasteiger partial charge on any atom is -0.334 e. The first-order chi connectivity index (χ1) is 5.79. The van der Waals surface area contributed by atoms with E-state index in [1.54, 1.807) is 0 Å². The van der Waals surface area contributed by atoms with Gasteiger partial charge in [0.05, 0.1) is 6.04 Å². The highest BCUT2D eigenvalue weighted by atomic mass is 15.1. The average molecular weight is 167 g/mol. The first-order valence-electron chi connectivity index (χ1n) is 4.47. The van der Waals surface area contributed by atoms with E-state index in [4.69, 9.17) is 0 Å². The van der Waals surface area contributed by atoms with Gasteiger partial charge in [-0.1, -0.05) is 6.92 Å². The smallest absolute Gasteiger partial charge is 0.125 e. The first-order valence-corrected chi connectivity index (χ1v) is 4.47. The fourth-order valence-corrected chi connectivity index (χ4v) is 1.26. The molecule has 0 aliphatic carbocycles. The Hall–Kier alpha value is -0.830. The highest BCUT2D eigenvalue weighted by molar-refractivity contribution is 4.97. The van der Waals surface area contributed by atoms with Crippen LogP contribution in [0.1, 0.15) is 32.1 Å². The Morgan fingerprint density at radius 1 is 1.67 bits per heavy atom. The lowest BCUT2D eigenvalue weighted by Crippen LogP contribution is -2.17. The molecule has 3 heteroatoms. The number of aryl methyl sites for hydroxylation is 1. The van der Waals surface area contributed by atoms with Gasteiger partial charge in [0.2, 0.25) is 0 Å². The molecule has 1 aromatic heterocycles. The fraction of sp³-hybridized carbons (Fsp3) is 0.667. The van der Waals surface area contributed by atoms with E-state index in [1.807, 2.05) is 19.4 Å². The van der Waals surface area contributed by atoms with Gasteiger partial charge in [-0.05, 0) is 20.4 Å². The van der Waals surface area contributed by atoms with Crippen LogP contribution in [0.25, 0.3) is 0 Å². The highest BCUT2D eigenvalue weighted by Crippen LogP contribution is 2.09. The van der Waals surface area contributed by atoms with Gasteiger partial charge in [-0.25, -0.2) is 4.98 Å². The molecule has 0 aliphatic heterocycles. The van der Waals surface area contributed by atoms with Crippen molar-refractivity contribution >= 4 is 0 Å². The van der Waals surface area contributed by atoms with Crippen molar-refractivity contribution in [3.05, 3.63) is 18.2 Å². The highest BCUT2D eigenvalue weighted by Gasteiger charge is 2.07. The molecule has 1 heterocycles. The molecule has 0 saturated carbocycles. The summed E-state index contributed by atoms with van der Waals surface area (Å²) in [6.07, 6.45) is 5.05. The molecule has 1 rings (SSSR count). The van der Waals surface area contributed by atoms with E-state index >= 15 is 0 Å². The number of hydrogen-bond acceptors (Lipinski definition) is 2. The Morgan fingerprint density at radius 3 is 3.00 bits per heavy atom. The van der Waals surface area contributed by atoms with Gasteiger partial charge < -0.3 is 9.88 Å². The van der Waals surface area contributed by atoms with Gasteiger partial charge in [-0.2, -0.15) is 0 Å². The molecule has 1 unspecified atom stereocenters. The van der Waals surface area contributed by atoms with Crippen molar-refractivity contribution in [3.8, 4) is 0 Å². The number of aromatic nitrogens is 2. The Balaban J connectivity index is 2.76. The molecule has 0 saturated heterocycles. The number of hydrogen-bond donors (Lipinski definition) is 1. The Kier molecular flexibility index (Phi) is 3.29. The van der Waals surface area contributed by atoms with E-state index in [0.717, 1.165) is 18.8 Å². The zero-order valence-electron chi connectivity index (χ0n) is 8.04. The minimum absolute atomic E-state index is 0.339. The standard InChI is InChI=1S/C9H17N3/c1-4-6-12-7-5-11-9(12)8(2)10-3/h5,7-8,10H,4,6H2,1-3H3. The van der Waals surface area contributed by atoms with Crippen LogP contribution >= 0.6 is 0 Å². The summed E-state index contributed by atoms with van der Waals surface area (Å²) in [5, 5.41) is 3.18. The lowest BCUT2D eigenvalue weighted by molar-refractivity contribution is 0.546. The number of nitrogens with zero attached hydrogens (tertiary/aromatic N) is 2. The van der Waals surface area contributed by atoms with E-state index in [2.05, 4.69) is 28.7 Å². The van der Waals surface area contributed by atoms with Gasteiger partial charge in [0, 0.05) is 18.9 Å². The van der Waals surface area contributed by atoms with E-state index in [0.29, 0.717) is 6.04 Å². The van der Waals surface area contributed by atoms with Crippen LogP contribution in [0.4, 0.5) is 0 Å². The minimum atomic E-state index is 0.339. The van der Waals surface area contributed by atoms with Crippen LogP contribution in [-0.4, -0.2) is 16.6 Å². The Morgan fingerprint density at radius 2 is 2.42 bits per heavy atom. The summed E-state index contributed by atoms with van der Waals surface area (Å²) in [5.74, 6) is 1.12. The van der Waals surface area contributed by atoms with Gasteiger partial charge >= 0.3 is 0 Å². The summed E-state index contributed by atoms with van der Waals surface area (Å²) >= 11 is 0. The summed E-state index contributed by atoms with van der Waals surface area (Å²) in [4.78, 5) is 4.31. The van der Waals surface area contributed by atoms with Crippen LogP contribution in [0.3, 0.4) is 0 Å². The molecule has 1 aromatic rings. The predicted molar refractivity (Wildman–Crippen MR) is 50.0 cm³/mol. The molecular weight excluding hydrogens is 150 g/mol. The van der Waals surface area contributed by atoms with Crippen molar-refractivity contribution in [3.63, 3.8) is 0 Å². The molecule has 0 fully saturated rings. The van der Waals surface area contributed by atoms with Crippen molar-refractivity contribution in [2.75, 3.05) is 7.05 Å². The van der Waals surface area contributed by atoms with Gasteiger partial charge in [0.1, 0.15) is 5.82 Å². The monoisotopic (exact) mass is 167 g/mol. The summed E-state index contributed by atoms with van der Waals surface area (Å²) < 4.78 is 2.20. The predicted octanol–water partition coefficient (Wildman–Crippen LogP) is 1.57. The van der Waals surface area contributed by atoms with E-state index in [1.165, 1.54) is 0 Å². The summed E-state index contributed by atoms with van der Waals surface area (Å²) in [5.41, 5.74) is 0. The van der Waals surface area contributed by atoms with Crippen LogP contribution in [0.5, 0.6) is 0 Å². The second-order valence-electron chi connectivity index (χ2n) is 2.99. The molecular formula is C9H17N3. The lowest BCUT2D eigenvalue weighted by atomic mass is 10.3. The Labute approximate surface area is 73.8 Å². The van der Waals surface area contributed by atoms with Gasteiger partial charge in [0.15, 0.2) is 0 Å². The van der Waals surface area contributed by atoms with E-state index in [-0.39, 0.29) is 0 Å². The fourth-order valence-electron chi connectivity index (χ4n) is 1.26. The molecule has 1 atom stereocenters. The third-order valence-electron chi connectivity index (χ3n) is 2.03. The molecule has 0 amide bonds. The normalized spacial score (nSPS) is 13.2. The van der Waals surface area contributed by atoms with Crippen LogP contribution in [0, 0.1) is 0 Å². The molecule has 68 valence electrons. The lowest BCUT2D eigenvalue weighted by Gasteiger charge is -2.11. The summed E-state index contributed by atoms with van der Waals surface area (Å²) in [6.45, 7) is 5.35. The zero-order valence-corrected chi connectivity index (χ0v) is 8.04. The number of rotatable bonds is 4. The number of nitrogens with one attached hydrogen (secondary N) is 1. The molecule has 0 aromatic carbocycles. The molecule has 1 N–H and O–H groups in total. The quantitative estimate of drug-likeness (QED) is 0.737. The maximum Gasteiger partial charge on any atom is 0.125 e. The van der Waals surface area contributed by atoms with Crippen LogP contribution in [0.15, 0.2) is 12.4 Å². The first kappa shape index (κ1) is 9.26. The Bertz CT molecular complexity index is 229. The average Bonchev–Trinajstić information content (AvgIpc) is 2.52. The number of imidazole rings is 1. The maximum absolute atomic E-state index is 4.31. The maximum atomic E-state index is 4.31. The van der Waals surface area contributed by atoms with E-state index < -0.39 is 0 Å². The van der Waals surface area contributed by atoms with Crippen molar-refractivity contribution in [1.29, 1.82) is 0 Å². The van der Waals surface area contributed by atoms with Crippen LogP contribution in [0.2, 0.25) is 0 Å². The zero-order chi connectivity index (χ0) is 8.97. The molecule has 0 aliphatic rings. The van der Waals surface area contributed by atoms with Gasteiger partial charge in [-0.15, -0.1) is 0 Å². The topological polar surface area (TPSA) is 29.9 Å². The van der Waals surface area contributed by atoms with Crippen LogP contribution in [-0.2, 0) is 6.54 Å². The summed E-state index contributed by atoms with van der Waals surface area (Å²) in [6, 6.07) is 0.339. The molecule has 12 heavy (non-hydrogen) atoms. The van der Waals surface area contributed by atoms with E-state index in [9.17, 15) is 0 Å². The largest absolute Gasteiger partial charge is 0.334 e. The molecule has 0 bridgehead atoms. The van der Waals surface area contributed by atoms with Gasteiger partial charge in [0.25, 0.3) is 0 Å². The second-order valence-corrected chi connectivity index (χ2v) is 2.99. The van der Waals surface area contributed by atoms with Crippen molar-refractivity contribution < 1.29 is 0 Å². The second kappa shape index (κ2) is 4.26. The SMILES string of the molecule is CCCn1ccnc1C(C)NC. The summed E-state index contributed by atoms with van der Waals surface area (Å²) in [7, 11) is 1.95. The molecule has 0 radical (unpaired) electrons. The molecule has 0 spiro atoms. The van der Waals surface area contributed by atoms with Crippen molar-refractivity contribution in [2.45, 2.75) is 32.9 Å². The van der Waals surface area contributed by atoms with Gasteiger partial charge in [-0.3, -0.25) is 0 Å². The third kappa shape index (κ3) is 1.85. The van der Waals surface area contributed by atoms with Crippen molar-refractivity contribution in [2.24, 2.45) is 0 Å².